The van der Waals surface area contributed by atoms with E-state index in [9.17, 15) is 0 Å². The maximum Gasteiger partial charge on any atom is 0.0970 e. The van der Waals surface area contributed by atoms with E-state index in [1.54, 1.807) is 6.07 Å². The fraction of sp³-hybridized carbons (Fsp3) is 0.400. The van der Waals surface area contributed by atoms with E-state index in [-0.39, 0.29) is 4.95 Å². The lowest BCUT2D eigenvalue weighted by Crippen LogP contribution is -2.48. The summed E-state index contributed by atoms with van der Waals surface area (Å²) >= 11 is 15.7. The maximum absolute atomic E-state index is 6.15. The standard InChI is InChI=1S/C10H11BrCl2N2/c11-10-6-14-3-4-15(10)9-5-7(12)1-2-8(9)13/h1-2,5,10,14H,3-4,6H2. The van der Waals surface area contributed by atoms with E-state index >= 15 is 0 Å². The first-order valence-electron chi connectivity index (χ1n) is 4.75. The second-order valence-electron chi connectivity index (χ2n) is 3.43. The molecule has 0 aromatic heterocycles. The predicted octanol–water partition coefficient (Wildman–Crippen LogP) is 3.12. The molecule has 1 unspecified atom stereocenters. The first-order valence-corrected chi connectivity index (χ1v) is 6.42. The highest BCUT2D eigenvalue weighted by Crippen LogP contribution is 2.31. The predicted molar refractivity (Wildman–Crippen MR) is 69.4 cm³/mol. The third-order valence-corrected chi connectivity index (χ3v) is 3.77. The third kappa shape index (κ3) is 2.59. The van der Waals surface area contributed by atoms with Crippen molar-refractivity contribution in [2.24, 2.45) is 0 Å². The third-order valence-electron chi connectivity index (χ3n) is 2.40. The molecule has 15 heavy (non-hydrogen) atoms. The van der Waals surface area contributed by atoms with Crippen molar-refractivity contribution in [2.45, 2.75) is 4.95 Å². The van der Waals surface area contributed by atoms with Crippen LogP contribution in [-0.4, -0.2) is 24.6 Å². The minimum absolute atomic E-state index is 0.266. The molecule has 5 heteroatoms. The Balaban J connectivity index is 2.30. The van der Waals surface area contributed by atoms with E-state index in [1.165, 1.54) is 0 Å². The van der Waals surface area contributed by atoms with Crippen LogP contribution in [0.1, 0.15) is 0 Å². The average Bonchev–Trinajstić information content (AvgIpc) is 2.23. The smallest absolute Gasteiger partial charge is 0.0970 e. The molecular weight excluding hydrogens is 299 g/mol. The molecule has 1 aliphatic rings. The Morgan fingerprint density at radius 3 is 2.93 bits per heavy atom. The summed E-state index contributed by atoms with van der Waals surface area (Å²) in [7, 11) is 0. The molecule has 1 aromatic carbocycles. The van der Waals surface area contributed by atoms with Gasteiger partial charge in [-0.05, 0) is 18.2 Å². The average molecular weight is 310 g/mol. The van der Waals surface area contributed by atoms with E-state index in [4.69, 9.17) is 23.2 Å². The van der Waals surface area contributed by atoms with Crippen molar-refractivity contribution in [3.05, 3.63) is 28.2 Å². The Bertz CT molecular complexity index is 359. The quantitative estimate of drug-likeness (QED) is 0.633. The van der Waals surface area contributed by atoms with Gasteiger partial charge in [0, 0.05) is 24.7 Å². The van der Waals surface area contributed by atoms with Gasteiger partial charge >= 0.3 is 0 Å². The number of halogens is 3. The lowest BCUT2D eigenvalue weighted by Gasteiger charge is -2.35. The van der Waals surface area contributed by atoms with E-state index in [1.807, 2.05) is 12.1 Å². The van der Waals surface area contributed by atoms with E-state index in [0.29, 0.717) is 5.02 Å². The number of nitrogens with zero attached hydrogens (tertiary/aromatic N) is 1. The number of rotatable bonds is 1. The van der Waals surface area contributed by atoms with Crippen LogP contribution in [-0.2, 0) is 0 Å². The topological polar surface area (TPSA) is 15.3 Å². The van der Waals surface area contributed by atoms with Crippen molar-refractivity contribution in [1.29, 1.82) is 0 Å². The van der Waals surface area contributed by atoms with Gasteiger partial charge in [0.2, 0.25) is 0 Å². The summed E-state index contributed by atoms with van der Waals surface area (Å²) in [4.78, 5) is 2.48. The first-order chi connectivity index (χ1) is 7.18. The Labute approximate surface area is 108 Å². The zero-order chi connectivity index (χ0) is 10.8. The van der Waals surface area contributed by atoms with Crippen molar-refractivity contribution in [2.75, 3.05) is 24.5 Å². The SMILES string of the molecule is Clc1ccc(Cl)c(N2CCNCC2Br)c1. The highest BCUT2D eigenvalue weighted by Gasteiger charge is 2.21. The Hall–Kier alpha value is 0.0400. The molecule has 1 aromatic rings. The number of anilines is 1. The molecule has 82 valence electrons. The Morgan fingerprint density at radius 1 is 1.40 bits per heavy atom. The first kappa shape index (κ1) is 11.5. The second-order valence-corrected chi connectivity index (χ2v) is 5.33. The zero-order valence-electron chi connectivity index (χ0n) is 8.01. The highest BCUT2D eigenvalue weighted by molar-refractivity contribution is 9.09. The normalized spacial score (nSPS) is 21.8. The summed E-state index contributed by atoms with van der Waals surface area (Å²) in [5, 5.41) is 4.76. The maximum atomic E-state index is 6.15. The number of piperazine rings is 1. The van der Waals surface area contributed by atoms with Gasteiger partial charge in [-0.15, -0.1) is 0 Å². The minimum atomic E-state index is 0.266. The molecule has 0 saturated carbocycles. The molecule has 1 atom stereocenters. The van der Waals surface area contributed by atoms with Gasteiger partial charge in [0.1, 0.15) is 0 Å². The Kier molecular flexibility index (Phi) is 3.78. The largest absolute Gasteiger partial charge is 0.355 e. The van der Waals surface area contributed by atoms with Crippen LogP contribution < -0.4 is 10.2 Å². The van der Waals surface area contributed by atoms with Crippen molar-refractivity contribution in [1.82, 2.24) is 5.32 Å². The fourth-order valence-corrected chi connectivity index (χ4v) is 2.69. The van der Waals surface area contributed by atoms with Crippen molar-refractivity contribution in [3.8, 4) is 0 Å². The van der Waals surface area contributed by atoms with Crippen LogP contribution in [0.4, 0.5) is 5.69 Å². The summed E-state index contributed by atoms with van der Waals surface area (Å²) in [6, 6.07) is 5.54. The van der Waals surface area contributed by atoms with E-state index in [0.717, 1.165) is 30.3 Å². The van der Waals surface area contributed by atoms with Gasteiger partial charge in [-0.3, -0.25) is 0 Å². The monoisotopic (exact) mass is 308 g/mol. The molecule has 1 N–H and O–H groups in total. The molecule has 0 amide bonds. The van der Waals surface area contributed by atoms with Gasteiger partial charge < -0.3 is 10.2 Å². The zero-order valence-corrected chi connectivity index (χ0v) is 11.1. The lowest BCUT2D eigenvalue weighted by molar-refractivity contribution is 0.569. The van der Waals surface area contributed by atoms with Crippen LogP contribution in [0.25, 0.3) is 0 Å². The van der Waals surface area contributed by atoms with Crippen LogP contribution >= 0.6 is 39.1 Å². The van der Waals surface area contributed by atoms with E-state index < -0.39 is 0 Å². The van der Waals surface area contributed by atoms with E-state index in [2.05, 4.69) is 26.1 Å². The van der Waals surface area contributed by atoms with Gasteiger partial charge in [0.25, 0.3) is 0 Å². The molecule has 1 aliphatic heterocycles. The van der Waals surface area contributed by atoms with Gasteiger partial charge in [0.05, 0.1) is 15.7 Å². The number of alkyl halides is 1. The summed E-state index contributed by atoms with van der Waals surface area (Å²) in [5.74, 6) is 0. The molecule has 1 heterocycles. The molecular formula is C10H11BrCl2N2. The van der Waals surface area contributed by atoms with Crippen molar-refractivity contribution >= 4 is 44.8 Å². The van der Waals surface area contributed by atoms with Gasteiger partial charge in [-0.2, -0.15) is 0 Å². The van der Waals surface area contributed by atoms with Crippen LogP contribution in [0.2, 0.25) is 10.0 Å². The molecule has 0 radical (unpaired) electrons. The fourth-order valence-electron chi connectivity index (χ4n) is 1.65. The molecule has 0 bridgehead atoms. The number of nitrogens with one attached hydrogen (secondary N) is 1. The molecule has 0 aliphatic carbocycles. The van der Waals surface area contributed by atoms with Gasteiger partial charge in [-0.1, -0.05) is 39.1 Å². The van der Waals surface area contributed by atoms with Crippen molar-refractivity contribution < 1.29 is 0 Å². The number of hydrogen-bond acceptors (Lipinski definition) is 2. The highest BCUT2D eigenvalue weighted by atomic mass is 79.9. The molecule has 2 rings (SSSR count). The van der Waals surface area contributed by atoms with Crippen LogP contribution in [0.3, 0.4) is 0 Å². The van der Waals surface area contributed by atoms with Crippen LogP contribution in [0.15, 0.2) is 18.2 Å². The minimum Gasteiger partial charge on any atom is -0.355 e. The number of benzene rings is 1. The van der Waals surface area contributed by atoms with Crippen LogP contribution in [0, 0.1) is 0 Å². The summed E-state index contributed by atoms with van der Waals surface area (Å²) in [5.41, 5.74) is 0.993. The Morgan fingerprint density at radius 2 is 2.20 bits per heavy atom. The summed E-state index contributed by atoms with van der Waals surface area (Å²) in [6.45, 7) is 2.80. The molecule has 2 nitrogen and oxygen atoms in total. The molecule has 1 saturated heterocycles. The molecule has 1 fully saturated rings. The van der Waals surface area contributed by atoms with Gasteiger partial charge in [-0.25, -0.2) is 0 Å². The molecule has 0 spiro atoms. The second kappa shape index (κ2) is 4.91. The summed E-state index contributed by atoms with van der Waals surface area (Å²) in [6.07, 6.45) is 0. The lowest BCUT2D eigenvalue weighted by atomic mass is 10.2. The van der Waals surface area contributed by atoms with Crippen LogP contribution in [0.5, 0.6) is 0 Å². The van der Waals surface area contributed by atoms with Gasteiger partial charge in [0.15, 0.2) is 0 Å². The van der Waals surface area contributed by atoms with Crippen molar-refractivity contribution in [3.63, 3.8) is 0 Å². The number of hydrogen-bond donors (Lipinski definition) is 1. The summed E-state index contributed by atoms with van der Waals surface area (Å²) < 4.78 is 0.